The molecule has 0 aromatic heterocycles. The highest BCUT2D eigenvalue weighted by Gasteiger charge is 2.38. The van der Waals surface area contributed by atoms with Gasteiger partial charge in [-0.15, -0.1) is 0 Å². The maximum atomic E-state index is 13.4. The fraction of sp³-hybridized carbons (Fsp3) is 0.321. The van der Waals surface area contributed by atoms with Crippen LogP contribution in [0.4, 0.5) is 26.3 Å². The lowest BCUT2D eigenvalue weighted by atomic mass is 9.98. The SMILES string of the molecule is O=C(N[C@H](CP(c1ccccc1)c1ccccc1)C1CCCC1)c1cc(C(F)(F)F)cc(C(F)(F)F)c1. The number of benzene rings is 3. The van der Waals surface area contributed by atoms with E-state index in [0.29, 0.717) is 18.3 Å². The van der Waals surface area contributed by atoms with Gasteiger partial charge in [0.25, 0.3) is 5.91 Å². The van der Waals surface area contributed by atoms with Crippen LogP contribution >= 0.6 is 7.92 Å². The lowest BCUT2D eigenvalue weighted by Gasteiger charge is -2.30. The van der Waals surface area contributed by atoms with Gasteiger partial charge in [0.05, 0.1) is 11.1 Å². The molecule has 1 amide bonds. The summed E-state index contributed by atoms with van der Waals surface area (Å²) >= 11 is 0. The van der Waals surface area contributed by atoms with Crippen molar-refractivity contribution in [1.29, 1.82) is 0 Å². The Labute approximate surface area is 212 Å². The molecule has 3 aromatic carbocycles. The first-order valence-electron chi connectivity index (χ1n) is 12.0. The molecule has 0 radical (unpaired) electrons. The van der Waals surface area contributed by atoms with Gasteiger partial charge in [-0.2, -0.15) is 26.3 Å². The van der Waals surface area contributed by atoms with Gasteiger partial charge in [0, 0.05) is 11.6 Å². The molecule has 9 heteroatoms. The number of hydrogen-bond donors (Lipinski definition) is 1. The van der Waals surface area contributed by atoms with Gasteiger partial charge in [-0.25, -0.2) is 0 Å². The van der Waals surface area contributed by atoms with Crippen LogP contribution in [0.5, 0.6) is 0 Å². The van der Waals surface area contributed by atoms with Crippen LogP contribution in [0.2, 0.25) is 0 Å². The predicted octanol–water partition coefficient (Wildman–Crippen LogP) is 7.15. The highest BCUT2D eigenvalue weighted by atomic mass is 31.1. The Morgan fingerprint density at radius 2 is 1.24 bits per heavy atom. The van der Waals surface area contributed by atoms with Crippen molar-refractivity contribution in [3.8, 4) is 0 Å². The van der Waals surface area contributed by atoms with E-state index in [-0.39, 0.29) is 12.0 Å². The van der Waals surface area contributed by atoms with Crippen LogP contribution < -0.4 is 15.9 Å². The summed E-state index contributed by atoms with van der Waals surface area (Å²) in [5.41, 5.74) is -3.64. The molecule has 0 aliphatic heterocycles. The second kappa shape index (κ2) is 11.3. The number of carbonyl (C=O) groups excluding carboxylic acids is 1. The van der Waals surface area contributed by atoms with Crippen molar-refractivity contribution in [2.24, 2.45) is 5.92 Å². The Hall–Kier alpha value is -2.86. The predicted molar refractivity (Wildman–Crippen MR) is 134 cm³/mol. The molecular formula is C28H26F6NOP. The number of carbonyl (C=O) groups is 1. The number of rotatable bonds is 7. The Bertz CT molecular complexity index is 1120. The third kappa shape index (κ3) is 6.92. The average molecular weight is 537 g/mol. The summed E-state index contributed by atoms with van der Waals surface area (Å²) in [6.07, 6.45) is -5.89. The van der Waals surface area contributed by atoms with Crippen molar-refractivity contribution in [3.05, 3.63) is 95.6 Å². The molecule has 0 saturated heterocycles. The molecule has 2 nitrogen and oxygen atoms in total. The van der Waals surface area contributed by atoms with Crippen molar-refractivity contribution in [2.45, 2.75) is 44.1 Å². The van der Waals surface area contributed by atoms with Gasteiger partial charge in [-0.1, -0.05) is 73.5 Å². The molecule has 1 fully saturated rings. The lowest BCUT2D eigenvalue weighted by Crippen LogP contribution is -2.43. The van der Waals surface area contributed by atoms with Crippen molar-refractivity contribution in [3.63, 3.8) is 0 Å². The lowest BCUT2D eigenvalue weighted by molar-refractivity contribution is -0.143. The Morgan fingerprint density at radius 3 is 1.68 bits per heavy atom. The highest BCUT2D eigenvalue weighted by molar-refractivity contribution is 7.73. The van der Waals surface area contributed by atoms with Crippen molar-refractivity contribution in [1.82, 2.24) is 5.32 Å². The molecule has 0 unspecified atom stereocenters. The minimum Gasteiger partial charge on any atom is -0.349 e. The van der Waals surface area contributed by atoms with E-state index < -0.39 is 48.9 Å². The number of alkyl halides is 6. The van der Waals surface area contributed by atoms with Gasteiger partial charge in [0.1, 0.15) is 0 Å². The average Bonchev–Trinajstić information content (AvgIpc) is 3.41. The van der Waals surface area contributed by atoms with Gasteiger partial charge in [-0.3, -0.25) is 4.79 Å². The van der Waals surface area contributed by atoms with E-state index in [9.17, 15) is 31.1 Å². The van der Waals surface area contributed by atoms with Crippen LogP contribution in [-0.2, 0) is 12.4 Å². The molecule has 4 rings (SSSR count). The topological polar surface area (TPSA) is 29.1 Å². The smallest absolute Gasteiger partial charge is 0.349 e. The molecule has 1 aliphatic rings. The second-order valence-corrected chi connectivity index (χ2v) is 11.5. The Morgan fingerprint density at radius 1 is 0.784 bits per heavy atom. The van der Waals surface area contributed by atoms with E-state index >= 15 is 0 Å². The number of amides is 1. The fourth-order valence-electron chi connectivity index (χ4n) is 4.78. The van der Waals surface area contributed by atoms with E-state index in [2.05, 4.69) is 5.32 Å². The standard InChI is InChI=1S/C28H26F6NOP/c29-27(30,31)21-15-20(16-22(17-21)28(32,33)34)26(36)35-25(19-9-7-8-10-19)18-37(23-11-3-1-4-12-23)24-13-5-2-6-14-24/h1-6,11-17,19,25H,7-10,18H2,(H,35,36)/t25-/m1/s1. The Balaban J connectivity index is 1.67. The van der Waals surface area contributed by atoms with Gasteiger partial charge < -0.3 is 5.32 Å². The summed E-state index contributed by atoms with van der Waals surface area (Å²) in [4.78, 5) is 13.2. The summed E-state index contributed by atoms with van der Waals surface area (Å²) in [5.74, 6) is -0.834. The van der Waals surface area contributed by atoms with Crippen molar-refractivity contribution < 1.29 is 31.1 Å². The Kier molecular flexibility index (Phi) is 8.27. The maximum absolute atomic E-state index is 13.4. The van der Waals surface area contributed by atoms with Crippen LogP contribution in [0.1, 0.15) is 47.2 Å². The van der Waals surface area contributed by atoms with Crippen LogP contribution in [0.15, 0.2) is 78.9 Å². The van der Waals surface area contributed by atoms with Gasteiger partial charge in [-0.05, 0) is 61.7 Å². The van der Waals surface area contributed by atoms with Gasteiger partial charge in [0.15, 0.2) is 0 Å². The molecule has 1 saturated carbocycles. The summed E-state index contributed by atoms with van der Waals surface area (Å²) < 4.78 is 80.2. The largest absolute Gasteiger partial charge is 0.416 e. The van der Waals surface area contributed by atoms with Crippen LogP contribution in [0, 0.1) is 5.92 Å². The molecule has 196 valence electrons. The highest BCUT2D eigenvalue weighted by Crippen LogP contribution is 2.40. The quantitative estimate of drug-likeness (QED) is 0.252. The van der Waals surface area contributed by atoms with Crippen molar-refractivity contribution in [2.75, 3.05) is 6.16 Å². The van der Waals surface area contributed by atoms with E-state index in [1.807, 2.05) is 60.7 Å². The molecule has 0 heterocycles. The molecule has 1 atom stereocenters. The zero-order valence-corrected chi connectivity index (χ0v) is 20.7. The molecule has 0 spiro atoms. The molecule has 3 aromatic rings. The minimum absolute atomic E-state index is 0.0370. The zero-order chi connectivity index (χ0) is 26.6. The van der Waals surface area contributed by atoms with E-state index in [4.69, 9.17) is 0 Å². The minimum atomic E-state index is -5.02. The summed E-state index contributed by atoms with van der Waals surface area (Å²) in [5, 5.41) is 5.01. The van der Waals surface area contributed by atoms with E-state index in [0.717, 1.165) is 36.3 Å². The van der Waals surface area contributed by atoms with Crippen molar-refractivity contribution >= 4 is 24.4 Å². The number of nitrogens with one attached hydrogen (secondary N) is 1. The third-order valence-corrected chi connectivity index (χ3v) is 9.25. The van der Waals surface area contributed by atoms with Crippen LogP contribution in [-0.4, -0.2) is 18.1 Å². The van der Waals surface area contributed by atoms with Crippen LogP contribution in [0.3, 0.4) is 0 Å². The first-order valence-corrected chi connectivity index (χ1v) is 13.5. The molecule has 37 heavy (non-hydrogen) atoms. The molecule has 1 aliphatic carbocycles. The molecule has 1 N–H and O–H groups in total. The summed E-state index contributed by atoms with van der Waals surface area (Å²) in [6.45, 7) is 0. The van der Waals surface area contributed by atoms with Gasteiger partial charge >= 0.3 is 12.4 Å². The normalized spacial score (nSPS) is 15.6. The monoisotopic (exact) mass is 537 g/mol. The van der Waals surface area contributed by atoms with E-state index in [1.165, 1.54) is 0 Å². The number of hydrogen-bond acceptors (Lipinski definition) is 1. The molecule has 0 bridgehead atoms. The number of halogens is 6. The van der Waals surface area contributed by atoms with Gasteiger partial charge in [0.2, 0.25) is 0 Å². The second-order valence-electron chi connectivity index (χ2n) is 9.20. The fourth-order valence-corrected chi connectivity index (χ4v) is 7.35. The summed E-state index contributed by atoms with van der Waals surface area (Å²) in [6, 6.07) is 20.2. The molecular weight excluding hydrogens is 511 g/mol. The van der Waals surface area contributed by atoms with Crippen LogP contribution in [0.25, 0.3) is 0 Å². The first kappa shape index (κ1) is 27.2. The zero-order valence-electron chi connectivity index (χ0n) is 19.8. The maximum Gasteiger partial charge on any atom is 0.416 e. The van der Waals surface area contributed by atoms with E-state index in [1.54, 1.807) is 0 Å². The first-order chi connectivity index (χ1) is 17.5. The summed E-state index contributed by atoms with van der Waals surface area (Å²) in [7, 11) is -0.930. The third-order valence-electron chi connectivity index (χ3n) is 6.65.